The maximum Gasteiger partial charge on any atom is 0.199 e. The first-order valence-corrected chi connectivity index (χ1v) is 21.0. The zero-order chi connectivity index (χ0) is 39.6. The van der Waals surface area contributed by atoms with Crippen molar-refractivity contribution in [2.45, 2.75) is 191 Å². The van der Waals surface area contributed by atoms with Crippen LogP contribution in [0.15, 0.2) is 0 Å². The lowest BCUT2D eigenvalue weighted by Crippen LogP contribution is -2.64. The van der Waals surface area contributed by atoms with Crippen LogP contribution in [0.3, 0.4) is 0 Å². The van der Waals surface area contributed by atoms with Gasteiger partial charge in [0.2, 0.25) is 0 Å². The minimum Gasteiger partial charge on any atom is -0.394 e. The maximum atomic E-state index is 11.5. The summed E-state index contributed by atoms with van der Waals surface area (Å²) in [4.78, 5) is 0. The van der Waals surface area contributed by atoms with Crippen LogP contribution < -0.4 is 0 Å². The predicted molar refractivity (Wildman–Crippen MR) is 191 cm³/mol. The second-order valence-electron chi connectivity index (χ2n) is 21.1. The Kier molecular flexibility index (Phi) is 9.06. The highest BCUT2D eigenvalue weighted by atomic mass is 16.8. The van der Waals surface area contributed by atoms with E-state index in [4.69, 9.17) is 28.4 Å². The lowest BCUT2D eigenvalue weighted by molar-refractivity contribution is -0.362. The number of aliphatic hydroxyl groups is 8. The van der Waals surface area contributed by atoms with Gasteiger partial charge in [-0.05, 0) is 105 Å². The van der Waals surface area contributed by atoms with Gasteiger partial charge in [0.1, 0.15) is 54.9 Å². The first-order valence-electron chi connectivity index (χ1n) is 21.0. The quantitative estimate of drug-likeness (QED) is 0.176. The van der Waals surface area contributed by atoms with Gasteiger partial charge in [-0.15, -0.1) is 0 Å². The second-order valence-corrected chi connectivity index (χ2v) is 21.1. The largest absolute Gasteiger partial charge is 0.394 e. The smallest absolute Gasteiger partial charge is 0.199 e. The van der Waals surface area contributed by atoms with Crippen LogP contribution in [0.2, 0.25) is 0 Å². The van der Waals surface area contributed by atoms with E-state index in [0.29, 0.717) is 12.3 Å². The molecule has 0 unspecified atom stereocenters. The van der Waals surface area contributed by atoms with E-state index in [1.54, 1.807) is 13.8 Å². The standard InChI is InChI=1S/C41H66O14/c1-18-14-20-31(36(4,5)49)55-41(54-20)30(18)37(6)12-13-40-17-39(40)11-10-24(52-32-28(47)25(44)19(43)16-50-32)35(2,3)22(39)8-9-23(40)38(37,7)34(41)53-33-29(48)27(46)26(45)21(15-42)51-33/h18-34,42-49H,8-17H2,1-7H3/t18-,19-,20-,21-,22+,23-,24+,25+,26+,27+,28-,29-,30-,31+,32+,33-,34-,37-,38+,39+,40-,41+/m1/s1. The Bertz CT molecular complexity index is 1500. The van der Waals surface area contributed by atoms with Crippen molar-refractivity contribution in [3.05, 3.63) is 0 Å². The van der Waals surface area contributed by atoms with Gasteiger partial charge in [-0.25, -0.2) is 0 Å². The summed E-state index contributed by atoms with van der Waals surface area (Å²) < 4.78 is 39.6. The van der Waals surface area contributed by atoms with Crippen LogP contribution in [0.1, 0.15) is 99.8 Å². The lowest BCUT2D eigenvalue weighted by atomic mass is 9.41. The SMILES string of the molecule is C[C@@H]1C[C@H]2O[C@@]3(O[C@@H]2C(C)(C)O)[C@H](O[C@H]2O[C@H](CO)[C@H](O)[C@H](O)[C@H]2O)[C@]2(C)[C@H]4CC[C@H]5C(C)(C)[C@@H](O[C@@H]6OC[C@@H](O)[C@H](O)[C@H]6O)CC[C@]56C[C@]46CC[C@]2(C)[C@@H]13. The number of fused-ring (bicyclic) bond motifs is 4. The fraction of sp³-hybridized carbons (Fsp3) is 1.00. The summed E-state index contributed by atoms with van der Waals surface area (Å²) in [6.07, 6.45) is -6.96. The monoisotopic (exact) mass is 782 g/mol. The van der Waals surface area contributed by atoms with Crippen molar-refractivity contribution in [2.24, 2.45) is 50.7 Å². The number of hydrogen-bond acceptors (Lipinski definition) is 14. The Hall–Kier alpha value is -0.560. The number of aliphatic hydroxyl groups excluding tert-OH is 7. The summed E-state index contributed by atoms with van der Waals surface area (Å²) in [6, 6.07) is 0. The summed E-state index contributed by atoms with van der Waals surface area (Å²) >= 11 is 0. The average Bonchev–Trinajstić information content (AvgIpc) is 3.63. The van der Waals surface area contributed by atoms with Gasteiger partial charge in [0.15, 0.2) is 18.4 Å². The van der Waals surface area contributed by atoms with Gasteiger partial charge in [0.05, 0.1) is 31.0 Å². The highest BCUT2D eigenvalue weighted by Crippen LogP contribution is 2.90. The molecule has 4 heterocycles. The minimum atomic E-state index is -1.61. The van der Waals surface area contributed by atoms with E-state index in [1.165, 1.54) is 0 Å². The van der Waals surface area contributed by atoms with Crippen molar-refractivity contribution < 1.29 is 69.3 Å². The molecule has 9 rings (SSSR count). The third-order valence-electron chi connectivity index (χ3n) is 18.0. The van der Waals surface area contributed by atoms with Crippen LogP contribution in [0.25, 0.3) is 0 Å². The predicted octanol–water partition coefficient (Wildman–Crippen LogP) is 0.946. The molecule has 3 spiro atoms. The van der Waals surface area contributed by atoms with E-state index in [-0.39, 0.29) is 58.2 Å². The van der Waals surface area contributed by atoms with Crippen LogP contribution in [0, 0.1) is 50.7 Å². The maximum absolute atomic E-state index is 11.5. The van der Waals surface area contributed by atoms with Crippen molar-refractivity contribution in [3.63, 3.8) is 0 Å². The summed E-state index contributed by atoms with van der Waals surface area (Å²) in [5, 5.41) is 85.7. The molecule has 5 aliphatic carbocycles. The highest BCUT2D eigenvalue weighted by Gasteiger charge is 2.89. The van der Waals surface area contributed by atoms with Crippen LogP contribution in [-0.4, -0.2) is 145 Å². The number of ether oxygens (including phenoxy) is 6. The fourth-order valence-corrected chi connectivity index (χ4v) is 15.5. The third-order valence-corrected chi connectivity index (χ3v) is 18.0. The Morgan fingerprint density at radius 2 is 1.44 bits per heavy atom. The zero-order valence-corrected chi connectivity index (χ0v) is 33.4. The molecule has 14 heteroatoms. The van der Waals surface area contributed by atoms with Crippen molar-refractivity contribution in [1.82, 2.24) is 0 Å². The van der Waals surface area contributed by atoms with Gasteiger partial charge in [-0.3, -0.25) is 0 Å². The summed E-state index contributed by atoms with van der Waals surface area (Å²) in [6.45, 7) is 14.3. The Balaban J connectivity index is 1.08. The van der Waals surface area contributed by atoms with Crippen molar-refractivity contribution in [1.29, 1.82) is 0 Å². The first-order chi connectivity index (χ1) is 25.6. The summed E-state index contributed by atoms with van der Waals surface area (Å²) in [7, 11) is 0. The van der Waals surface area contributed by atoms with Crippen molar-refractivity contribution >= 4 is 0 Å². The van der Waals surface area contributed by atoms with Crippen molar-refractivity contribution in [3.8, 4) is 0 Å². The zero-order valence-electron chi connectivity index (χ0n) is 33.4. The molecule has 55 heavy (non-hydrogen) atoms. The molecule has 0 radical (unpaired) electrons. The summed E-state index contributed by atoms with van der Waals surface area (Å²) in [5.41, 5.74) is -2.43. The second kappa shape index (κ2) is 12.5. The van der Waals surface area contributed by atoms with Gasteiger partial charge in [-0.2, -0.15) is 0 Å². The normalized spacial score (nSPS) is 60.6. The molecule has 4 saturated heterocycles. The molecule has 22 atom stereocenters. The third kappa shape index (κ3) is 4.98. The molecule has 2 bridgehead atoms. The topological polar surface area (TPSA) is 217 Å². The highest BCUT2D eigenvalue weighted by molar-refractivity contribution is 5.34. The summed E-state index contributed by atoms with van der Waals surface area (Å²) in [5.74, 6) is -0.778. The molecular weight excluding hydrogens is 716 g/mol. The van der Waals surface area contributed by atoms with Crippen LogP contribution in [0.4, 0.5) is 0 Å². The van der Waals surface area contributed by atoms with Gasteiger partial charge < -0.3 is 69.3 Å². The number of rotatable bonds is 6. The molecule has 0 aromatic carbocycles. The van der Waals surface area contributed by atoms with Crippen LogP contribution in [0.5, 0.6) is 0 Å². The molecule has 0 amide bonds. The average molecular weight is 783 g/mol. The van der Waals surface area contributed by atoms with Gasteiger partial charge >= 0.3 is 0 Å². The fourth-order valence-electron chi connectivity index (χ4n) is 15.5. The van der Waals surface area contributed by atoms with E-state index in [2.05, 4.69) is 34.6 Å². The Morgan fingerprint density at radius 3 is 2.13 bits per heavy atom. The van der Waals surface area contributed by atoms with E-state index < -0.39 is 90.9 Å². The van der Waals surface area contributed by atoms with Crippen molar-refractivity contribution in [2.75, 3.05) is 13.2 Å². The molecule has 8 N–H and O–H groups in total. The van der Waals surface area contributed by atoms with Gasteiger partial charge in [0.25, 0.3) is 0 Å². The first kappa shape index (κ1) is 39.9. The molecule has 314 valence electrons. The molecule has 0 aromatic heterocycles. The molecule has 9 aliphatic rings. The molecule has 14 nitrogen and oxygen atoms in total. The minimum absolute atomic E-state index is 0.0222. The molecular formula is C41H66O14. The molecule has 0 aromatic rings. The van der Waals surface area contributed by atoms with E-state index in [0.717, 1.165) is 44.9 Å². The van der Waals surface area contributed by atoms with Crippen LogP contribution >= 0.6 is 0 Å². The molecule has 9 fully saturated rings. The molecule has 5 saturated carbocycles. The Labute approximate surface area is 323 Å². The Morgan fingerprint density at radius 1 is 0.764 bits per heavy atom. The van der Waals surface area contributed by atoms with Gasteiger partial charge in [0, 0.05) is 11.3 Å². The van der Waals surface area contributed by atoms with Gasteiger partial charge in [-0.1, -0.05) is 34.6 Å². The van der Waals surface area contributed by atoms with E-state index in [1.807, 2.05) is 0 Å². The van der Waals surface area contributed by atoms with Crippen LogP contribution in [-0.2, 0) is 28.4 Å². The lowest BCUT2D eigenvalue weighted by Gasteiger charge is -2.64. The van der Waals surface area contributed by atoms with E-state index in [9.17, 15) is 40.9 Å². The molecule has 4 aliphatic heterocycles. The van der Waals surface area contributed by atoms with E-state index >= 15 is 0 Å². The number of hydrogen-bond donors (Lipinski definition) is 8.